The van der Waals surface area contributed by atoms with E-state index in [4.69, 9.17) is 9.26 Å². The third-order valence-electron chi connectivity index (χ3n) is 4.56. The minimum atomic E-state index is -3.65. The summed E-state index contributed by atoms with van der Waals surface area (Å²) in [5.74, 6) is 0.300. The van der Waals surface area contributed by atoms with Crippen molar-refractivity contribution in [1.29, 1.82) is 0 Å². The van der Waals surface area contributed by atoms with Crippen LogP contribution in [0.4, 0.5) is 4.79 Å². The quantitative estimate of drug-likeness (QED) is 0.803. The molecule has 0 saturated carbocycles. The van der Waals surface area contributed by atoms with Crippen LogP contribution >= 0.6 is 0 Å². The number of hydrogen-bond acceptors (Lipinski definition) is 6. The van der Waals surface area contributed by atoms with Gasteiger partial charge in [-0.2, -0.15) is 4.31 Å². The number of ether oxygens (including phenoxy) is 1. The summed E-state index contributed by atoms with van der Waals surface area (Å²) in [6.07, 6.45) is 1.46. The van der Waals surface area contributed by atoms with Gasteiger partial charge in [0.25, 0.3) is 0 Å². The predicted octanol–water partition coefficient (Wildman–Crippen LogP) is 1.29. The van der Waals surface area contributed by atoms with Gasteiger partial charge in [0, 0.05) is 26.6 Å². The van der Waals surface area contributed by atoms with E-state index in [2.05, 4.69) is 5.16 Å². The van der Waals surface area contributed by atoms with Gasteiger partial charge < -0.3 is 14.2 Å². The van der Waals surface area contributed by atoms with Crippen molar-refractivity contribution in [2.24, 2.45) is 0 Å². The molecule has 1 amide bonds. The van der Waals surface area contributed by atoms with Crippen LogP contribution in [0.2, 0.25) is 0 Å². The lowest BCUT2D eigenvalue weighted by Crippen LogP contribution is -2.37. The number of carbonyl (C=O) groups excluding carboxylic acids is 1. The molecule has 0 N–H and O–H groups in total. The fourth-order valence-corrected chi connectivity index (χ4v) is 5.18. The molecule has 1 aromatic heterocycles. The molecule has 3 heterocycles. The molecule has 23 heavy (non-hydrogen) atoms. The number of rotatable bonds is 2. The Kier molecular flexibility index (Phi) is 3.88. The summed E-state index contributed by atoms with van der Waals surface area (Å²) in [7, 11) is -1.96. The Balaban J connectivity index is 1.82. The smallest absolute Gasteiger partial charge is 0.410 e. The molecular formula is C14H21N3O5S. The molecule has 1 aromatic rings. The molecule has 1 atom stereocenters. The van der Waals surface area contributed by atoms with Gasteiger partial charge in [-0.3, -0.25) is 0 Å². The average Bonchev–Trinajstić information content (AvgIpc) is 2.85. The van der Waals surface area contributed by atoms with Crippen LogP contribution in [0.15, 0.2) is 9.42 Å². The first-order valence-electron chi connectivity index (χ1n) is 7.62. The number of hydrogen-bond donors (Lipinski definition) is 0. The molecule has 0 aliphatic carbocycles. The van der Waals surface area contributed by atoms with Crippen molar-refractivity contribution < 1.29 is 22.5 Å². The lowest BCUT2D eigenvalue weighted by atomic mass is 9.95. The summed E-state index contributed by atoms with van der Waals surface area (Å²) in [4.78, 5) is 13.4. The lowest BCUT2D eigenvalue weighted by molar-refractivity contribution is 0.0460. The molecule has 1 spiro atoms. The summed E-state index contributed by atoms with van der Waals surface area (Å²) in [6, 6.07) is 0. The standard InChI is InChI=1S/C14H21N3O5S/c1-10-12(11(2)22-15-10)23(19,20)17-7-4-5-14(6-8-17)9-16(3)13(18)21-14/h4-9H2,1-3H3/t14-/m0/s1. The zero-order valence-electron chi connectivity index (χ0n) is 13.5. The Morgan fingerprint density at radius 1 is 1.22 bits per heavy atom. The minimum absolute atomic E-state index is 0.147. The van der Waals surface area contributed by atoms with E-state index in [1.165, 1.54) is 4.31 Å². The maximum Gasteiger partial charge on any atom is 0.410 e. The Hall–Kier alpha value is -1.61. The van der Waals surface area contributed by atoms with Crippen LogP contribution in [0, 0.1) is 13.8 Å². The van der Waals surface area contributed by atoms with Crippen molar-refractivity contribution in [1.82, 2.24) is 14.4 Å². The summed E-state index contributed by atoms with van der Waals surface area (Å²) in [5.41, 5.74) is -0.206. The monoisotopic (exact) mass is 343 g/mol. The maximum atomic E-state index is 12.9. The van der Waals surface area contributed by atoms with Gasteiger partial charge in [-0.15, -0.1) is 0 Å². The third-order valence-corrected chi connectivity index (χ3v) is 6.71. The Labute approximate surface area is 135 Å². The van der Waals surface area contributed by atoms with Gasteiger partial charge in [0.1, 0.15) is 16.2 Å². The first kappa shape index (κ1) is 16.3. The molecule has 0 aromatic carbocycles. The maximum absolute atomic E-state index is 12.9. The van der Waals surface area contributed by atoms with E-state index in [0.717, 1.165) is 0 Å². The predicted molar refractivity (Wildman–Crippen MR) is 80.4 cm³/mol. The largest absolute Gasteiger partial charge is 0.441 e. The van der Waals surface area contributed by atoms with E-state index in [9.17, 15) is 13.2 Å². The topological polar surface area (TPSA) is 93.0 Å². The SMILES string of the molecule is Cc1noc(C)c1S(=O)(=O)N1CCC[C@]2(CC1)CN(C)C(=O)O2. The Bertz CT molecular complexity index is 709. The van der Waals surface area contributed by atoms with Gasteiger partial charge in [0.05, 0.1) is 6.54 Å². The molecule has 2 aliphatic rings. The summed E-state index contributed by atoms with van der Waals surface area (Å²) < 4.78 is 37.7. The zero-order chi connectivity index (χ0) is 16.8. The molecule has 9 heteroatoms. The first-order chi connectivity index (χ1) is 10.8. The van der Waals surface area contributed by atoms with Crippen LogP contribution in [0.25, 0.3) is 0 Å². The van der Waals surface area contributed by atoms with E-state index in [0.29, 0.717) is 50.4 Å². The van der Waals surface area contributed by atoms with E-state index >= 15 is 0 Å². The second-order valence-electron chi connectivity index (χ2n) is 6.32. The van der Waals surface area contributed by atoms with Crippen molar-refractivity contribution in [3.63, 3.8) is 0 Å². The van der Waals surface area contributed by atoms with E-state index in [1.54, 1.807) is 25.8 Å². The van der Waals surface area contributed by atoms with E-state index in [1.807, 2.05) is 0 Å². The number of amides is 1. The summed E-state index contributed by atoms with van der Waals surface area (Å²) >= 11 is 0. The van der Waals surface area contributed by atoms with Gasteiger partial charge in [-0.05, 0) is 26.7 Å². The van der Waals surface area contributed by atoms with Crippen molar-refractivity contribution in [2.45, 2.75) is 43.6 Å². The highest BCUT2D eigenvalue weighted by Gasteiger charge is 2.46. The molecule has 3 rings (SSSR count). The van der Waals surface area contributed by atoms with Crippen LogP contribution < -0.4 is 0 Å². The Morgan fingerprint density at radius 2 is 1.96 bits per heavy atom. The Morgan fingerprint density at radius 3 is 2.52 bits per heavy atom. The number of likely N-dealkylation sites (N-methyl/N-ethyl adjacent to an activating group) is 1. The van der Waals surface area contributed by atoms with Crippen molar-refractivity contribution in [3.05, 3.63) is 11.5 Å². The summed E-state index contributed by atoms with van der Waals surface area (Å²) in [6.45, 7) is 4.43. The summed E-state index contributed by atoms with van der Waals surface area (Å²) in [5, 5.41) is 3.73. The van der Waals surface area contributed by atoms with E-state index in [-0.39, 0.29) is 11.0 Å². The fraction of sp³-hybridized carbons (Fsp3) is 0.714. The second kappa shape index (κ2) is 5.48. The molecule has 0 bridgehead atoms. The molecular weight excluding hydrogens is 322 g/mol. The molecule has 0 radical (unpaired) electrons. The van der Waals surface area contributed by atoms with Gasteiger partial charge >= 0.3 is 6.09 Å². The number of carbonyl (C=O) groups is 1. The number of nitrogens with zero attached hydrogens (tertiary/aromatic N) is 3. The highest BCUT2D eigenvalue weighted by molar-refractivity contribution is 7.89. The second-order valence-corrected chi connectivity index (χ2v) is 8.19. The highest BCUT2D eigenvalue weighted by atomic mass is 32.2. The minimum Gasteiger partial charge on any atom is -0.441 e. The molecule has 2 aliphatic heterocycles. The number of aromatic nitrogens is 1. The molecule has 2 fully saturated rings. The van der Waals surface area contributed by atoms with Crippen LogP contribution in [-0.2, 0) is 14.8 Å². The fourth-order valence-electron chi connectivity index (χ4n) is 3.41. The van der Waals surface area contributed by atoms with E-state index < -0.39 is 15.6 Å². The van der Waals surface area contributed by atoms with Gasteiger partial charge in [0.15, 0.2) is 5.76 Å². The third kappa shape index (κ3) is 2.72. The van der Waals surface area contributed by atoms with Crippen molar-refractivity contribution in [3.8, 4) is 0 Å². The van der Waals surface area contributed by atoms with Crippen LogP contribution in [0.1, 0.15) is 30.7 Å². The number of sulfonamides is 1. The van der Waals surface area contributed by atoms with Crippen LogP contribution in [-0.4, -0.2) is 61.2 Å². The van der Waals surface area contributed by atoms with Crippen LogP contribution in [0.3, 0.4) is 0 Å². The zero-order valence-corrected chi connectivity index (χ0v) is 14.4. The molecule has 0 unspecified atom stereocenters. The molecule has 128 valence electrons. The van der Waals surface area contributed by atoms with Gasteiger partial charge in [-0.25, -0.2) is 13.2 Å². The number of aryl methyl sites for hydroxylation is 2. The van der Waals surface area contributed by atoms with Crippen molar-refractivity contribution >= 4 is 16.1 Å². The molecule has 8 nitrogen and oxygen atoms in total. The molecule has 2 saturated heterocycles. The van der Waals surface area contributed by atoms with Crippen molar-refractivity contribution in [2.75, 3.05) is 26.7 Å². The van der Waals surface area contributed by atoms with Gasteiger partial charge in [0.2, 0.25) is 10.0 Å². The lowest BCUT2D eigenvalue weighted by Gasteiger charge is -2.25. The average molecular weight is 343 g/mol. The normalized spacial score (nSPS) is 26.6. The van der Waals surface area contributed by atoms with Crippen LogP contribution in [0.5, 0.6) is 0 Å². The van der Waals surface area contributed by atoms with Gasteiger partial charge in [-0.1, -0.05) is 5.16 Å². The highest BCUT2D eigenvalue weighted by Crippen LogP contribution is 2.34. The first-order valence-corrected chi connectivity index (χ1v) is 9.06.